The smallest absolute Gasteiger partial charge is 0.341 e. The van der Waals surface area contributed by atoms with Crippen molar-refractivity contribution < 1.29 is 19.4 Å². The van der Waals surface area contributed by atoms with Crippen LogP contribution in [0.3, 0.4) is 0 Å². The van der Waals surface area contributed by atoms with Crippen LogP contribution in [0.1, 0.15) is 0 Å². The summed E-state index contributed by atoms with van der Waals surface area (Å²) in [4.78, 5) is 10.4. The molecule has 23 heavy (non-hydrogen) atoms. The Balaban J connectivity index is 1.87. The van der Waals surface area contributed by atoms with Crippen LogP contribution in [0.25, 0.3) is 0 Å². The number of carboxylic acid groups (broad SMARTS) is 1. The van der Waals surface area contributed by atoms with E-state index in [0.717, 1.165) is 17.1 Å². The van der Waals surface area contributed by atoms with Crippen molar-refractivity contribution in [2.75, 3.05) is 24.4 Å². The summed E-state index contributed by atoms with van der Waals surface area (Å²) < 4.78 is 10.1. The van der Waals surface area contributed by atoms with Crippen molar-refractivity contribution in [3.05, 3.63) is 48.5 Å². The highest BCUT2D eigenvalue weighted by Crippen LogP contribution is 2.17. The van der Waals surface area contributed by atoms with Crippen molar-refractivity contribution in [1.29, 1.82) is 0 Å². The summed E-state index contributed by atoms with van der Waals surface area (Å²) in [5.74, 6) is 0.232. The number of thiocarbonyl (C=S) groups is 1. The summed E-state index contributed by atoms with van der Waals surface area (Å²) in [7, 11) is 1.61. The fourth-order valence-corrected chi connectivity index (χ4v) is 1.98. The average molecular weight is 332 g/mol. The molecule has 7 heteroatoms. The van der Waals surface area contributed by atoms with Crippen LogP contribution in [0.4, 0.5) is 11.4 Å². The van der Waals surface area contributed by atoms with Crippen LogP contribution < -0.4 is 20.1 Å². The summed E-state index contributed by atoms with van der Waals surface area (Å²) in [6, 6.07) is 14.2. The SMILES string of the molecule is COc1ccc(NC(=S)Nc2ccc(OCC(=O)O)cc2)cc1. The third-order valence-electron chi connectivity index (χ3n) is 2.82. The lowest BCUT2D eigenvalue weighted by atomic mass is 10.3. The molecule has 0 spiro atoms. The zero-order valence-electron chi connectivity index (χ0n) is 12.4. The molecular weight excluding hydrogens is 316 g/mol. The van der Waals surface area contributed by atoms with Gasteiger partial charge in [0, 0.05) is 11.4 Å². The summed E-state index contributed by atoms with van der Waals surface area (Å²) in [6.45, 7) is -0.371. The maximum Gasteiger partial charge on any atom is 0.341 e. The Morgan fingerprint density at radius 3 is 1.91 bits per heavy atom. The minimum absolute atomic E-state index is 0.371. The molecule has 0 aliphatic rings. The molecule has 0 radical (unpaired) electrons. The Morgan fingerprint density at radius 2 is 1.48 bits per heavy atom. The van der Waals surface area contributed by atoms with Gasteiger partial charge in [0.15, 0.2) is 11.7 Å². The predicted molar refractivity (Wildman–Crippen MR) is 92.4 cm³/mol. The molecule has 0 aliphatic carbocycles. The second-order valence-corrected chi connectivity index (χ2v) is 4.92. The van der Waals surface area contributed by atoms with E-state index in [1.165, 1.54) is 0 Å². The standard InChI is InChI=1S/C16H16N2O4S/c1-21-13-6-2-11(3-7-13)17-16(23)18-12-4-8-14(9-5-12)22-10-15(19)20/h2-9H,10H2,1H3,(H,19,20)(H2,17,18,23). The lowest BCUT2D eigenvalue weighted by Crippen LogP contribution is -2.18. The third kappa shape index (κ3) is 5.48. The maximum atomic E-state index is 10.4. The fourth-order valence-electron chi connectivity index (χ4n) is 1.75. The topological polar surface area (TPSA) is 79.8 Å². The monoisotopic (exact) mass is 332 g/mol. The largest absolute Gasteiger partial charge is 0.497 e. The van der Waals surface area contributed by atoms with Crippen molar-refractivity contribution in [1.82, 2.24) is 0 Å². The van der Waals surface area contributed by atoms with Gasteiger partial charge >= 0.3 is 5.97 Å². The Labute approximate surface area is 139 Å². The molecule has 2 aromatic rings. The highest BCUT2D eigenvalue weighted by Gasteiger charge is 2.02. The molecular formula is C16H16N2O4S. The Bertz CT molecular complexity index is 671. The van der Waals surface area contributed by atoms with E-state index in [1.54, 1.807) is 31.4 Å². The van der Waals surface area contributed by atoms with Gasteiger partial charge < -0.3 is 25.2 Å². The highest BCUT2D eigenvalue weighted by atomic mass is 32.1. The highest BCUT2D eigenvalue weighted by molar-refractivity contribution is 7.80. The molecule has 6 nitrogen and oxygen atoms in total. The number of hydrogen-bond acceptors (Lipinski definition) is 4. The van der Waals surface area contributed by atoms with Crippen LogP contribution in [0, 0.1) is 0 Å². The van der Waals surface area contributed by atoms with Gasteiger partial charge in [0.25, 0.3) is 0 Å². The van der Waals surface area contributed by atoms with Crippen LogP contribution in [0.5, 0.6) is 11.5 Å². The van der Waals surface area contributed by atoms with Crippen LogP contribution in [-0.2, 0) is 4.79 Å². The Kier molecular flexibility index (Phi) is 5.76. The van der Waals surface area contributed by atoms with Crippen LogP contribution in [-0.4, -0.2) is 29.9 Å². The summed E-state index contributed by atoms with van der Waals surface area (Å²) in [5, 5.41) is 15.1. The predicted octanol–water partition coefficient (Wildman–Crippen LogP) is 2.97. The molecule has 0 unspecified atom stereocenters. The van der Waals surface area contributed by atoms with Gasteiger partial charge in [-0.05, 0) is 60.7 Å². The van der Waals surface area contributed by atoms with E-state index in [1.807, 2.05) is 24.3 Å². The van der Waals surface area contributed by atoms with E-state index in [-0.39, 0.29) is 6.61 Å². The summed E-state index contributed by atoms with van der Waals surface area (Å²) in [5.41, 5.74) is 1.60. The first-order valence-electron chi connectivity index (χ1n) is 6.73. The molecule has 0 amide bonds. The molecule has 120 valence electrons. The van der Waals surface area contributed by atoms with Gasteiger partial charge in [0.1, 0.15) is 11.5 Å². The zero-order chi connectivity index (χ0) is 16.7. The number of benzene rings is 2. The molecule has 0 heterocycles. The Hall–Kier alpha value is -2.80. The molecule has 0 saturated heterocycles. The number of ether oxygens (including phenoxy) is 2. The van der Waals surface area contributed by atoms with Crippen molar-refractivity contribution in [2.45, 2.75) is 0 Å². The molecule has 0 atom stereocenters. The van der Waals surface area contributed by atoms with E-state index in [0.29, 0.717) is 10.9 Å². The minimum atomic E-state index is -1.02. The van der Waals surface area contributed by atoms with Gasteiger partial charge in [-0.15, -0.1) is 0 Å². The lowest BCUT2D eigenvalue weighted by molar-refractivity contribution is -0.139. The second-order valence-electron chi connectivity index (χ2n) is 4.51. The van der Waals surface area contributed by atoms with Crippen molar-refractivity contribution in [3.63, 3.8) is 0 Å². The van der Waals surface area contributed by atoms with E-state index < -0.39 is 5.97 Å². The molecule has 0 fully saturated rings. The molecule has 2 rings (SSSR count). The first-order chi connectivity index (χ1) is 11.1. The maximum absolute atomic E-state index is 10.4. The van der Waals surface area contributed by atoms with Crippen molar-refractivity contribution in [2.24, 2.45) is 0 Å². The zero-order valence-corrected chi connectivity index (χ0v) is 13.2. The number of anilines is 2. The van der Waals surface area contributed by atoms with Gasteiger partial charge in [-0.3, -0.25) is 0 Å². The van der Waals surface area contributed by atoms with Gasteiger partial charge in [-0.2, -0.15) is 0 Å². The number of methoxy groups -OCH3 is 1. The lowest BCUT2D eigenvalue weighted by Gasteiger charge is -2.11. The van der Waals surface area contributed by atoms with Crippen LogP contribution in [0.2, 0.25) is 0 Å². The van der Waals surface area contributed by atoms with Crippen molar-refractivity contribution >= 4 is 34.7 Å². The molecule has 0 aromatic heterocycles. The summed E-state index contributed by atoms with van der Waals surface area (Å²) in [6.07, 6.45) is 0. The van der Waals surface area contributed by atoms with Gasteiger partial charge in [0.05, 0.1) is 7.11 Å². The normalized spacial score (nSPS) is 9.78. The number of carboxylic acids is 1. The molecule has 2 aromatic carbocycles. The molecule has 0 bridgehead atoms. The fraction of sp³-hybridized carbons (Fsp3) is 0.125. The molecule has 0 aliphatic heterocycles. The van der Waals surface area contributed by atoms with E-state index in [2.05, 4.69) is 10.6 Å². The first kappa shape index (κ1) is 16.6. The molecule has 3 N–H and O–H groups in total. The second kappa shape index (κ2) is 8.00. The number of carbonyl (C=O) groups is 1. The van der Waals surface area contributed by atoms with E-state index in [9.17, 15) is 4.79 Å². The van der Waals surface area contributed by atoms with E-state index in [4.69, 9.17) is 26.8 Å². The number of rotatable bonds is 6. The third-order valence-corrected chi connectivity index (χ3v) is 3.03. The van der Waals surface area contributed by atoms with Gasteiger partial charge in [-0.25, -0.2) is 4.79 Å². The van der Waals surface area contributed by atoms with Gasteiger partial charge in [-0.1, -0.05) is 0 Å². The quantitative estimate of drug-likeness (QED) is 0.702. The average Bonchev–Trinajstić information content (AvgIpc) is 2.55. The number of aliphatic carboxylic acids is 1. The number of hydrogen-bond donors (Lipinski definition) is 3. The minimum Gasteiger partial charge on any atom is -0.497 e. The van der Waals surface area contributed by atoms with Crippen molar-refractivity contribution in [3.8, 4) is 11.5 Å². The molecule has 0 saturated carbocycles. The first-order valence-corrected chi connectivity index (χ1v) is 7.14. The summed E-state index contributed by atoms with van der Waals surface area (Å²) >= 11 is 5.24. The van der Waals surface area contributed by atoms with Crippen LogP contribution >= 0.6 is 12.2 Å². The number of nitrogens with one attached hydrogen (secondary N) is 2. The van der Waals surface area contributed by atoms with Crippen LogP contribution in [0.15, 0.2) is 48.5 Å². The van der Waals surface area contributed by atoms with E-state index >= 15 is 0 Å². The Morgan fingerprint density at radius 1 is 1.00 bits per heavy atom. The van der Waals surface area contributed by atoms with Gasteiger partial charge in [0.2, 0.25) is 0 Å².